The average molecular weight is 518 g/mol. The summed E-state index contributed by atoms with van der Waals surface area (Å²) in [5.74, 6) is 0.513. The third kappa shape index (κ3) is 4.47. The number of aromatic nitrogens is 1. The zero-order chi connectivity index (χ0) is 25.4. The molecule has 2 N–H and O–H groups in total. The molecule has 36 heavy (non-hydrogen) atoms. The van der Waals surface area contributed by atoms with E-state index < -0.39 is 5.97 Å². The van der Waals surface area contributed by atoms with E-state index in [1.165, 1.54) is 17.7 Å². The van der Waals surface area contributed by atoms with Crippen LogP contribution in [0.2, 0.25) is 5.02 Å². The SMILES string of the molecule is CC(C)c1ccc(N2C(=S)N[C@H](c3ccccn3)[C@H]2c2ccc(-c3cc(C(=O)O)ccc3Cl)o2)cc1. The molecule has 8 heteroatoms. The van der Waals surface area contributed by atoms with Crippen LogP contribution >= 0.6 is 23.8 Å². The molecular formula is C28H24ClN3O3S. The number of hydrogen-bond acceptors (Lipinski definition) is 4. The molecule has 1 aliphatic heterocycles. The van der Waals surface area contributed by atoms with Crippen molar-refractivity contribution in [3.05, 3.63) is 107 Å². The van der Waals surface area contributed by atoms with Gasteiger partial charge < -0.3 is 19.7 Å². The lowest BCUT2D eigenvalue weighted by atomic mass is 10.0. The molecule has 5 rings (SSSR count). The Labute approximate surface area is 219 Å². The molecule has 0 saturated carbocycles. The summed E-state index contributed by atoms with van der Waals surface area (Å²) >= 11 is 12.2. The van der Waals surface area contributed by atoms with Crippen molar-refractivity contribution >= 4 is 40.6 Å². The van der Waals surface area contributed by atoms with Gasteiger partial charge in [-0.3, -0.25) is 4.98 Å². The topological polar surface area (TPSA) is 78.6 Å². The molecule has 2 aromatic carbocycles. The standard InChI is InChI=1S/C28H24ClN3O3S/c1-16(2)17-6-9-19(10-7-17)32-26(25(31-28(32)36)22-5-3-4-14-30-22)24-13-12-23(35-24)20-15-18(27(33)34)8-11-21(20)29/h3-16,25-26H,1-2H3,(H,31,36)(H,33,34)/t25-,26-/m1/s1. The summed E-state index contributed by atoms with van der Waals surface area (Å²) in [5.41, 5.74) is 3.65. The second-order valence-electron chi connectivity index (χ2n) is 8.94. The van der Waals surface area contributed by atoms with Crippen molar-refractivity contribution in [2.75, 3.05) is 4.90 Å². The Balaban J connectivity index is 1.59. The van der Waals surface area contributed by atoms with Crippen molar-refractivity contribution in [3.63, 3.8) is 0 Å². The summed E-state index contributed by atoms with van der Waals surface area (Å²) in [5, 5.41) is 13.8. The van der Waals surface area contributed by atoms with Crippen LogP contribution in [0.1, 0.15) is 59.2 Å². The van der Waals surface area contributed by atoms with Crippen molar-refractivity contribution in [3.8, 4) is 11.3 Å². The highest BCUT2D eigenvalue weighted by molar-refractivity contribution is 7.80. The van der Waals surface area contributed by atoms with Crippen LogP contribution in [0.3, 0.4) is 0 Å². The van der Waals surface area contributed by atoms with Gasteiger partial charge in [0.05, 0.1) is 22.3 Å². The van der Waals surface area contributed by atoms with Gasteiger partial charge >= 0.3 is 5.97 Å². The van der Waals surface area contributed by atoms with E-state index in [1.807, 2.05) is 29.2 Å². The van der Waals surface area contributed by atoms with Gasteiger partial charge in [0, 0.05) is 17.4 Å². The third-order valence-electron chi connectivity index (χ3n) is 6.33. The number of hydrogen-bond donors (Lipinski definition) is 2. The van der Waals surface area contributed by atoms with Crippen LogP contribution in [0.5, 0.6) is 0 Å². The van der Waals surface area contributed by atoms with E-state index in [-0.39, 0.29) is 17.6 Å². The Morgan fingerprint density at radius 3 is 2.56 bits per heavy atom. The number of carboxylic acids is 1. The van der Waals surface area contributed by atoms with Crippen molar-refractivity contribution in [2.45, 2.75) is 31.8 Å². The van der Waals surface area contributed by atoms with E-state index >= 15 is 0 Å². The Morgan fingerprint density at radius 1 is 1.11 bits per heavy atom. The van der Waals surface area contributed by atoms with E-state index in [9.17, 15) is 9.90 Å². The second kappa shape index (κ2) is 9.76. The molecule has 2 aromatic heterocycles. The number of nitrogens with one attached hydrogen (secondary N) is 1. The van der Waals surface area contributed by atoms with Gasteiger partial charge in [-0.1, -0.05) is 43.6 Å². The highest BCUT2D eigenvalue weighted by Crippen LogP contribution is 2.43. The van der Waals surface area contributed by atoms with Gasteiger partial charge in [-0.25, -0.2) is 4.79 Å². The van der Waals surface area contributed by atoms with Gasteiger partial charge in [-0.15, -0.1) is 0 Å². The van der Waals surface area contributed by atoms with Crippen LogP contribution < -0.4 is 10.2 Å². The lowest BCUT2D eigenvalue weighted by Crippen LogP contribution is -2.29. The molecular weight excluding hydrogens is 494 g/mol. The predicted octanol–water partition coefficient (Wildman–Crippen LogP) is 6.99. The first-order valence-electron chi connectivity index (χ1n) is 11.6. The predicted molar refractivity (Wildman–Crippen MR) is 145 cm³/mol. The van der Waals surface area contributed by atoms with E-state index in [0.29, 0.717) is 33.1 Å². The number of pyridine rings is 1. The number of halogens is 1. The second-order valence-corrected chi connectivity index (χ2v) is 9.74. The Kier molecular flexibility index (Phi) is 6.51. The first kappa shape index (κ1) is 24.0. The van der Waals surface area contributed by atoms with Crippen molar-refractivity contribution in [1.82, 2.24) is 10.3 Å². The Hall–Kier alpha value is -3.68. The fourth-order valence-electron chi connectivity index (χ4n) is 4.45. The molecule has 182 valence electrons. The van der Waals surface area contributed by atoms with Crippen molar-refractivity contribution in [1.29, 1.82) is 0 Å². The molecule has 0 amide bonds. The monoisotopic (exact) mass is 517 g/mol. The normalized spacial score (nSPS) is 17.4. The average Bonchev–Trinajstić information content (AvgIpc) is 3.49. The molecule has 0 spiro atoms. The number of aromatic carboxylic acids is 1. The van der Waals surface area contributed by atoms with Crippen LogP contribution in [0.15, 0.2) is 83.4 Å². The summed E-state index contributed by atoms with van der Waals surface area (Å²) in [7, 11) is 0. The van der Waals surface area contributed by atoms with E-state index in [1.54, 1.807) is 18.3 Å². The lowest BCUT2D eigenvalue weighted by molar-refractivity contribution is 0.0697. The molecule has 1 aliphatic rings. The van der Waals surface area contributed by atoms with Crippen LogP contribution in [0.4, 0.5) is 5.69 Å². The van der Waals surface area contributed by atoms with Crippen LogP contribution in [-0.4, -0.2) is 21.2 Å². The number of benzene rings is 2. The number of furan rings is 1. The van der Waals surface area contributed by atoms with Crippen molar-refractivity contribution in [2.24, 2.45) is 0 Å². The summed E-state index contributed by atoms with van der Waals surface area (Å²) in [4.78, 5) is 18.1. The van der Waals surface area contributed by atoms with E-state index in [2.05, 4.69) is 48.4 Å². The van der Waals surface area contributed by atoms with Crippen LogP contribution in [0.25, 0.3) is 11.3 Å². The zero-order valence-electron chi connectivity index (χ0n) is 19.7. The number of nitrogens with zero attached hydrogens (tertiary/aromatic N) is 2. The maximum atomic E-state index is 11.5. The number of carbonyl (C=O) groups is 1. The fourth-order valence-corrected chi connectivity index (χ4v) is 5.00. The van der Waals surface area contributed by atoms with E-state index in [4.69, 9.17) is 28.2 Å². The number of anilines is 1. The number of thiocarbonyl (C=S) groups is 1. The summed E-state index contributed by atoms with van der Waals surface area (Å²) in [6, 6.07) is 21.8. The minimum absolute atomic E-state index is 0.134. The summed E-state index contributed by atoms with van der Waals surface area (Å²) in [6.45, 7) is 4.32. The summed E-state index contributed by atoms with van der Waals surface area (Å²) in [6.07, 6.45) is 1.75. The van der Waals surface area contributed by atoms with Crippen LogP contribution in [0, 0.1) is 0 Å². The lowest BCUT2D eigenvalue weighted by Gasteiger charge is -2.26. The quantitative estimate of drug-likeness (QED) is 0.267. The summed E-state index contributed by atoms with van der Waals surface area (Å²) < 4.78 is 6.34. The largest absolute Gasteiger partial charge is 0.478 e. The number of rotatable bonds is 6. The maximum absolute atomic E-state index is 11.5. The molecule has 0 unspecified atom stereocenters. The molecule has 0 radical (unpaired) electrons. The smallest absolute Gasteiger partial charge is 0.335 e. The Morgan fingerprint density at radius 2 is 1.89 bits per heavy atom. The molecule has 0 aliphatic carbocycles. The fraction of sp³-hybridized carbons (Fsp3) is 0.179. The maximum Gasteiger partial charge on any atom is 0.335 e. The van der Waals surface area contributed by atoms with Gasteiger partial charge in [0.25, 0.3) is 0 Å². The highest BCUT2D eigenvalue weighted by Gasteiger charge is 2.42. The van der Waals surface area contributed by atoms with Crippen LogP contribution in [-0.2, 0) is 0 Å². The Bertz CT molecular complexity index is 1420. The molecule has 6 nitrogen and oxygen atoms in total. The first-order chi connectivity index (χ1) is 17.3. The van der Waals surface area contributed by atoms with Crippen molar-refractivity contribution < 1.29 is 14.3 Å². The molecule has 3 heterocycles. The van der Waals surface area contributed by atoms with Gasteiger partial charge in [-0.2, -0.15) is 0 Å². The first-order valence-corrected chi connectivity index (χ1v) is 12.4. The highest BCUT2D eigenvalue weighted by atomic mass is 35.5. The molecule has 0 bridgehead atoms. The third-order valence-corrected chi connectivity index (χ3v) is 6.98. The van der Waals surface area contributed by atoms with Gasteiger partial charge in [-0.05, 0) is 78.3 Å². The molecule has 1 saturated heterocycles. The minimum atomic E-state index is -1.03. The van der Waals surface area contributed by atoms with E-state index in [0.717, 1.165) is 11.4 Å². The minimum Gasteiger partial charge on any atom is -0.478 e. The van der Waals surface area contributed by atoms with Gasteiger partial charge in [0.15, 0.2) is 5.11 Å². The molecule has 1 fully saturated rings. The zero-order valence-corrected chi connectivity index (χ0v) is 21.3. The number of carboxylic acid groups (broad SMARTS) is 1. The van der Waals surface area contributed by atoms with Gasteiger partial charge in [0.1, 0.15) is 17.6 Å². The molecule has 4 aromatic rings. The molecule has 2 atom stereocenters. The van der Waals surface area contributed by atoms with Gasteiger partial charge in [0.2, 0.25) is 0 Å².